The molecule has 0 atom stereocenters. The SMILES string of the molecule is Cc1cc(Br)cc(C)c1CN=CC=O. The van der Waals surface area contributed by atoms with Crippen molar-refractivity contribution in [3.63, 3.8) is 0 Å². The van der Waals surface area contributed by atoms with Gasteiger partial charge in [0.15, 0.2) is 6.29 Å². The molecule has 0 N–H and O–H groups in total. The van der Waals surface area contributed by atoms with Gasteiger partial charge in [0.05, 0.1) is 12.8 Å². The maximum absolute atomic E-state index is 10.1. The van der Waals surface area contributed by atoms with Gasteiger partial charge in [-0.3, -0.25) is 9.79 Å². The molecule has 1 aromatic carbocycles. The molecule has 74 valence electrons. The van der Waals surface area contributed by atoms with Gasteiger partial charge in [0.25, 0.3) is 0 Å². The lowest BCUT2D eigenvalue weighted by atomic mass is 10.0. The number of benzene rings is 1. The van der Waals surface area contributed by atoms with Crippen LogP contribution in [0, 0.1) is 13.8 Å². The largest absolute Gasteiger partial charge is 0.297 e. The Morgan fingerprint density at radius 2 is 1.93 bits per heavy atom. The van der Waals surface area contributed by atoms with Crippen LogP contribution in [-0.4, -0.2) is 12.5 Å². The van der Waals surface area contributed by atoms with Crippen molar-refractivity contribution in [3.05, 3.63) is 33.3 Å². The molecular formula is C11H12BrNO. The molecule has 0 aromatic heterocycles. The van der Waals surface area contributed by atoms with Crippen molar-refractivity contribution >= 4 is 28.4 Å². The van der Waals surface area contributed by atoms with Crippen LogP contribution in [0.1, 0.15) is 16.7 Å². The number of hydrogen-bond donors (Lipinski definition) is 0. The van der Waals surface area contributed by atoms with Crippen molar-refractivity contribution in [2.24, 2.45) is 4.99 Å². The van der Waals surface area contributed by atoms with E-state index >= 15 is 0 Å². The molecule has 0 amide bonds. The van der Waals surface area contributed by atoms with Crippen LogP contribution < -0.4 is 0 Å². The number of halogens is 1. The van der Waals surface area contributed by atoms with Gasteiger partial charge in [0.2, 0.25) is 0 Å². The Morgan fingerprint density at radius 1 is 1.36 bits per heavy atom. The van der Waals surface area contributed by atoms with Gasteiger partial charge in [0.1, 0.15) is 0 Å². The van der Waals surface area contributed by atoms with E-state index in [9.17, 15) is 4.79 Å². The van der Waals surface area contributed by atoms with Crippen LogP contribution in [0.4, 0.5) is 0 Å². The van der Waals surface area contributed by atoms with E-state index in [-0.39, 0.29) is 0 Å². The van der Waals surface area contributed by atoms with Crippen LogP contribution in [0.25, 0.3) is 0 Å². The monoisotopic (exact) mass is 253 g/mol. The van der Waals surface area contributed by atoms with E-state index in [0.717, 1.165) is 4.47 Å². The zero-order valence-corrected chi connectivity index (χ0v) is 9.84. The molecule has 3 heteroatoms. The number of rotatable bonds is 3. The molecule has 2 nitrogen and oxygen atoms in total. The minimum Gasteiger partial charge on any atom is -0.297 e. The summed E-state index contributed by atoms with van der Waals surface area (Å²) in [4.78, 5) is 14.1. The third-order valence-corrected chi connectivity index (χ3v) is 2.53. The van der Waals surface area contributed by atoms with Crippen LogP contribution in [0.3, 0.4) is 0 Å². The highest BCUT2D eigenvalue weighted by Gasteiger charge is 2.02. The molecular weight excluding hydrogens is 242 g/mol. The molecule has 0 unspecified atom stereocenters. The van der Waals surface area contributed by atoms with Crippen molar-refractivity contribution in [2.45, 2.75) is 20.4 Å². The Morgan fingerprint density at radius 3 is 2.43 bits per heavy atom. The first kappa shape index (κ1) is 11.1. The molecule has 0 aliphatic carbocycles. The van der Waals surface area contributed by atoms with Crippen molar-refractivity contribution in [1.82, 2.24) is 0 Å². The number of nitrogens with zero attached hydrogens (tertiary/aromatic N) is 1. The van der Waals surface area contributed by atoms with Gasteiger partial charge >= 0.3 is 0 Å². The van der Waals surface area contributed by atoms with Gasteiger partial charge in [-0.05, 0) is 42.7 Å². The summed E-state index contributed by atoms with van der Waals surface area (Å²) in [6.45, 7) is 4.66. The number of carbonyl (C=O) groups excluding carboxylic acids is 1. The molecule has 1 aromatic rings. The summed E-state index contributed by atoms with van der Waals surface area (Å²) in [5, 5.41) is 0. The quantitative estimate of drug-likeness (QED) is 0.602. The topological polar surface area (TPSA) is 29.4 Å². The Bertz CT molecular complexity index is 349. The summed E-state index contributed by atoms with van der Waals surface area (Å²) in [5.74, 6) is 0. The first-order valence-corrected chi connectivity index (χ1v) is 5.13. The zero-order chi connectivity index (χ0) is 10.6. The summed E-state index contributed by atoms with van der Waals surface area (Å²) < 4.78 is 1.08. The first-order valence-electron chi connectivity index (χ1n) is 4.34. The Labute approximate surface area is 92.2 Å². The third-order valence-electron chi connectivity index (χ3n) is 2.08. The van der Waals surface area contributed by atoms with Crippen LogP contribution in [0.2, 0.25) is 0 Å². The molecule has 14 heavy (non-hydrogen) atoms. The van der Waals surface area contributed by atoms with E-state index < -0.39 is 0 Å². The van der Waals surface area contributed by atoms with Crippen molar-refractivity contribution in [3.8, 4) is 0 Å². The normalized spacial score (nSPS) is 10.8. The fraction of sp³-hybridized carbons (Fsp3) is 0.273. The zero-order valence-electron chi connectivity index (χ0n) is 8.25. The second-order valence-corrected chi connectivity index (χ2v) is 4.06. The van der Waals surface area contributed by atoms with Crippen LogP contribution in [-0.2, 0) is 11.3 Å². The molecule has 0 radical (unpaired) electrons. The number of aryl methyl sites for hydroxylation is 2. The highest BCUT2D eigenvalue weighted by Crippen LogP contribution is 2.20. The number of hydrogen-bond acceptors (Lipinski definition) is 2. The first-order chi connectivity index (χ1) is 6.65. The van der Waals surface area contributed by atoms with Gasteiger partial charge < -0.3 is 0 Å². The van der Waals surface area contributed by atoms with Gasteiger partial charge in [0, 0.05) is 4.47 Å². The Balaban J connectivity index is 2.96. The van der Waals surface area contributed by atoms with Gasteiger partial charge in [-0.15, -0.1) is 0 Å². The van der Waals surface area contributed by atoms with E-state index in [4.69, 9.17) is 0 Å². The van der Waals surface area contributed by atoms with Crippen molar-refractivity contribution < 1.29 is 4.79 Å². The predicted molar refractivity (Wildman–Crippen MR) is 61.9 cm³/mol. The van der Waals surface area contributed by atoms with Crippen LogP contribution in [0.15, 0.2) is 21.6 Å². The number of carbonyl (C=O) groups is 1. The highest BCUT2D eigenvalue weighted by atomic mass is 79.9. The van der Waals surface area contributed by atoms with E-state index in [1.807, 2.05) is 13.8 Å². The Kier molecular flexibility index (Phi) is 4.01. The molecule has 0 aliphatic rings. The van der Waals surface area contributed by atoms with E-state index in [2.05, 4.69) is 33.1 Å². The van der Waals surface area contributed by atoms with Gasteiger partial charge in [-0.2, -0.15) is 0 Å². The van der Waals surface area contributed by atoms with E-state index in [1.165, 1.54) is 22.9 Å². The van der Waals surface area contributed by atoms with E-state index in [0.29, 0.717) is 12.8 Å². The average molecular weight is 254 g/mol. The van der Waals surface area contributed by atoms with Crippen molar-refractivity contribution in [1.29, 1.82) is 0 Å². The lowest BCUT2D eigenvalue weighted by Crippen LogP contribution is -1.93. The van der Waals surface area contributed by atoms with Crippen LogP contribution >= 0.6 is 15.9 Å². The number of aldehydes is 1. The van der Waals surface area contributed by atoms with Gasteiger partial charge in [-0.25, -0.2) is 0 Å². The van der Waals surface area contributed by atoms with Crippen LogP contribution in [0.5, 0.6) is 0 Å². The minimum atomic E-state index is 0.573. The molecule has 0 bridgehead atoms. The Hall–Kier alpha value is -0.960. The molecule has 0 heterocycles. The summed E-state index contributed by atoms with van der Waals surface area (Å²) in [6, 6.07) is 4.11. The van der Waals surface area contributed by atoms with Gasteiger partial charge in [-0.1, -0.05) is 15.9 Å². The summed E-state index contributed by atoms with van der Waals surface area (Å²) in [6.07, 6.45) is 1.99. The molecule has 1 rings (SSSR count). The average Bonchev–Trinajstić information content (AvgIpc) is 2.09. The lowest BCUT2D eigenvalue weighted by Gasteiger charge is -2.07. The standard InChI is InChI=1S/C11H12BrNO/c1-8-5-10(12)6-9(2)11(8)7-13-3-4-14/h3-6H,7H2,1-2H3. The molecule has 0 fully saturated rings. The minimum absolute atomic E-state index is 0.573. The fourth-order valence-electron chi connectivity index (χ4n) is 1.38. The maximum Gasteiger partial charge on any atom is 0.160 e. The second-order valence-electron chi connectivity index (χ2n) is 3.14. The van der Waals surface area contributed by atoms with Crippen molar-refractivity contribution in [2.75, 3.05) is 0 Å². The highest BCUT2D eigenvalue weighted by molar-refractivity contribution is 9.10. The molecule has 0 saturated carbocycles. The fourth-order valence-corrected chi connectivity index (χ4v) is 2.06. The molecule has 0 aliphatic heterocycles. The second kappa shape index (κ2) is 5.05. The number of aliphatic imine (C=N–C) groups is 1. The third kappa shape index (κ3) is 2.77. The summed E-state index contributed by atoms with van der Waals surface area (Å²) in [7, 11) is 0. The molecule has 0 spiro atoms. The summed E-state index contributed by atoms with van der Waals surface area (Å²) >= 11 is 3.43. The summed E-state index contributed by atoms with van der Waals surface area (Å²) in [5.41, 5.74) is 3.58. The predicted octanol–water partition coefficient (Wildman–Crippen LogP) is 2.84. The maximum atomic E-state index is 10.1. The smallest absolute Gasteiger partial charge is 0.160 e. The van der Waals surface area contributed by atoms with E-state index in [1.54, 1.807) is 0 Å². The lowest BCUT2D eigenvalue weighted by molar-refractivity contribution is -0.102. The molecule has 0 saturated heterocycles.